The summed E-state index contributed by atoms with van der Waals surface area (Å²) < 4.78 is 5.29. The Labute approximate surface area is 196 Å². The molecule has 0 bridgehead atoms. The zero-order valence-corrected chi connectivity index (χ0v) is 20.0. The monoisotopic (exact) mass is 461 g/mol. The number of likely N-dealkylation sites (tertiary alicyclic amines) is 1. The Kier molecular flexibility index (Phi) is 8.73. The zero-order valence-electron chi connectivity index (χ0n) is 20.0. The lowest BCUT2D eigenvalue weighted by Gasteiger charge is -2.46. The number of piperidine rings is 1. The third-order valence-electron chi connectivity index (χ3n) is 6.66. The quantitative estimate of drug-likeness (QED) is 0.513. The van der Waals surface area contributed by atoms with Gasteiger partial charge in [-0.3, -0.25) is 14.5 Å². The van der Waals surface area contributed by atoms with Crippen molar-refractivity contribution in [2.24, 2.45) is 17.6 Å². The van der Waals surface area contributed by atoms with Crippen LogP contribution in [0.15, 0.2) is 30.3 Å². The summed E-state index contributed by atoms with van der Waals surface area (Å²) in [6.45, 7) is 6.57. The van der Waals surface area contributed by atoms with Crippen LogP contribution in [0.25, 0.3) is 0 Å². The van der Waals surface area contributed by atoms with Crippen LogP contribution in [0.3, 0.4) is 0 Å². The maximum atomic E-state index is 13.1. The maximum Gasteiger partial charge on any atom is 0.404 e. The summed E-state index contributed by atoms with van der Waals surface area (Å²) >= 11 is 0. The van der Waals surface area contributed by atoms with Gasteiger partial charge in [0, 0.05) is 19.5 Å². The normalized spacial score (nSPS) is 25.5. The number of hydroxylamine groups is 1. The zero-order chi connectivity index (χ0) is 24.0. The SMILES string of the molecule is CC(C)(C)ONC(=O)[C@@H]1C[C@@H]2CCCC[C@@H]2CN1C[C@@H](O)[C@H](Cc1ccccc1)OC(N)=O. The molecule has 1 heterocycles. The molecule has 33 heavy (non-hydrogen) atoms. The van der Waals surface area contributed by atoms with Gasteiger partial charge in [-0.15, -0.1) is 0 Å². The maximum absolute atomic E-state index is 13.1. The fourth-order valence-corrected chi connectivity index (χ4v) is 5.06. The number of benzene rings is 1. The molecule has 5 atom stereocenters. The molecule has 3 rings (SSSR count). The van der Waals surface area contributed by atoms with Crippen molar-refractivity contribution >= 4 is 12.0 Å². The number of aliphatic hydroxyl groups is 1. The molecule has 2 aliphatic rings. The predicted molar refractivity (Wildman–Crippen MR) is 125 cm³/mol. The molecule has 1 aromatic carbocycles. The van der Waals surface area contributed by atoms with Gasteiger partial charge in [0.15, 0.2) is 0 Å². The molecule has 0 aromatic heterocycles. The van der Waals surface area contributed by atoms with Crippen molar-refractivity contribution in [1.29, 1.82) is 0 Å². The molecule has 4 N–H and O–H groups in total. The number of nitrogens with zero attached hydrogens (tertiary/aromatic N) is 1. The smallest absolute Gasteiger partial charge is 0.404 e. The molecule has 1 aromatic rings. The Bertz CT molecular complexity index is 782. The third kappa shape index (κ3) is 7.69. The first kappa shape index (κ1) is 25.5. The molecule has 1 saturated heterocycles. The van der Waals surface area contributed by atoms with Crippen molar-refractivity contribution in [3.63, 3.8) is 0 Å². The minimum Gasteiger partial charge on any atom is -0.443 e. The van der Waals surface area contributed by atoms with Gasteiger partial charge in [0.2, 0.25) is 0 Å². The van der Waals surface area contributed by atoms with Crippen molar-refractivity contribution in [3.05, 3.63) is 35.9 Å². The number of nitrogens with two attached hydrogens (primary N) is 1. The van der Waals surface area contributed by atoms with Crippen molar-refractivity contribution < 1.29 is 24.3 Å². The van der Waals surface area contributed by atoms with Crippen molar-refractivity contribution in [2.45, 2.75) is 83.1 Å². The number of aliphatic hydroxyl groups excluding tert-OH is 1. The number of amides is 2. The van der Waals surface area contributed by atoms with E-state index < -0.39 is 29.9 Å². The second-order valence-electron chi connectivity index (χ2n) is 10.4. The van der Waals surface area contributed by atoms with Crippen LogP contribution in [0.2, 0.25) is 0 Å². The molecule has 8 nitrogen and oxygen atoms in total. The Balaban J connectivity index is 1.73. The molecule has 2 fully saturated rings. The van der Waals surface area contributed by atoms with Crippen LogP contribution < -0.4 is 11.2 Å². The van der Waals surface area contributed by atoms with Gasteiger partial charge in [0.05, 0.1) is 11.6 Å². The second-order valence-corrected chi connectivity index (χ2v) is 10.4. The van der Waals surface area contributed by atoms with E-state index in [0.717, 1.165) is 31.4 Å². The number of hydrogen-bond donors (Lipinski definition) is 3. The summed E-state index contributed by atoms with van der Waals surface area (Å²) in [7, 11) is 0. The number of carbonyl (C=O) groups excluding carboxylic acids is 2. The van der Waals surface area contributed by atoms with Crippen LogP contribution in [0.4, 0.5) is 4.79 Å². The van der Waals surface area contributed by atoms with Crippen LogP contribution in [0.1, 0.15) is 58.4 Å². The van der Waals surface area contributed by atoms with Crippen LogP contribution in [0.5, 0.6) is 0 Å². The molecule has 1 saturated carbocycles. The minimum absolute atomic E-state index is 0.198. The van der Waals surface area contributed by atoms with Gasteiger partial charge in [0.1, 0.15) is 12.2 Å². The van der Waals surface area contributed by atoms with Crippen LogP contribution >= 0.6 is 0 Å². The highest BCUT2D eigenvalue weighted by Crippen LogP contribution is 2.38. The molecule has 0 unspecified atom stereocenters. The average Bonchev–Trinajstić information content (AvgIpc) is 2.76. The summed E-state index contributed by atoms with van der Waals surface area (Å²) in [5.41, 5.74) is 8.35. The largest absolute Gasteiger partial charge is 0.443 e. The molecule has 1 aliphatic heterocycles. The molecule has 0 spiro atoms. The topological polar surface area (TPSA) is 114 Å². The number of fused-ring (bicyclic) bond motifs is 1. The fourth-order valence-electron chi connectivity index (χ4n) is 5.06. The lowest BCUT2D eigenvalue weighted by Crippen LogP contribution is -2.58. The van der Waals surface area contributed by atoms with E-state index in [1.165, 1.54) is 12.8 Å². The Hall–Kier alpha value is -2.16. The highest BCUT2D eigenvalue weighted by atomic mass is 16.7. The van der Waals surface area contributed by atoms with Gasteiger partial charge >= 0.3 is 6.09 Å². The van der Waals surface area contributed by atoms with Crippen molar-refractivity contribution in [1.82, 2.24) is 10.4 Å². The van der Waals surface area contributed by atoms with Gasteiger partial charge in [-0.25, -0.2) is 10.3 Å². The number of carbonyl (C=O) groups is 2. The van der Waals surface area contributed by atoms with Gasteiger partial charge < -0.3 is 15.6 Å². The third-order valence-corrected chi connectivity index (χ3v) is 6.66. The number of hydrogen-bond acceptors (Lipinski definition) is 6. The Morgan fingerprint density at radius 3 is 2.48 bits per heavy atom. The fraction of sp³-hybridized carbons (Fsp3) is 0.680. The van der Waals surface area contributed by atoms with Crippen molar-refractivity contribution in [3.8, 4) is 0 Å². The number of ether oxygens (including phenoxy) is 1. The molecule has 0 radical (unpaired) electrons. The lowest BCUT2D eigenvalue weighted by molar-refractivity contribution is -0.155. The molecule has 1 aliphatic carbocycles. The van der Waals surface area contributed by atoms with Crippen LogP contribution in [0, 0.1) is 11.8 Å². The van der Waals surface area contributed by atoms with E-state index >= 15 is 0 Å². The van der Waals surface area contributed by atoms with E-state index in [-0.39, 0.29) is 12.5 Å². The summed E-state index contributed by atoms with van der Waals surface area (Å²) in [5.74, 6) is 0.805. The van der Waals surface area contributed by atoms with E-state index in [1.54, 1.807) is 0 Å². The molecule has 184 valence electrons. The number of primary amides is 1. The number of nitrogens with one attached hydrogen (secondary N) is 1. The first-order valence-corrected chi connectivity index (χ1v) is 12.0. The average molecular weight is 462 g/mol. The summed E-state index contributed by atoms with van der Waals surface area (Å²) in [4.78, 5) is 32.2. The van der Waals surface area contributed by atoms with Crippen molar-refractivity contribution in [2.75, 3.05) is 13.1 Å². The van der Waals surface area contributed by atoms with E-state index in [9.17, 15) is 14.7 Å². The summed E-state index contributed by atoms with van der Waals surface area (Å²) in [6.07, 6.45) is 3.02. The minimum atomic E-state index is -0.989. The molecular formula is C25H39N3O5. The van der Waals surface area contributed by atoms with E-state index in [0.29, 0.717) is 18.3 Å². The standard InChI is InChI=1S/C25H39N3O5/c1-25(2,3)33-27-23(30)20-14-18-11-7-8-12-19(18)15-28(20)16-21(29)22(32-24(26)31)13-17-9-5-4-6-10-17/h4-6,9-10,18-22,29H,7-8,11-16H2,1-3H3,(H2,26,31)(H,27,30)/t18-,19+,20-,21+,22-/m0/s1. The molecule has 8 heteroatoms. The predicted octanol–water partition coefficient (Wildman–Crippen LogP) is 2.78. The van der Waals surface area contributed by atoms with Gasteiger partial charge in [-0.1, -0.05) is 49.6 Å². The highest BCUT2D eigenvalue weighted by Gasteiger charge is 2.41. The van der Waals surface area contributed by atoms with Gasteiger partial charge in [0.25, 0.3) is 5.91 Å². The Morgan fingerprint density at radius 2 is 1.85 bits per heavy atom. The second kappa shape index (κ2) is 11.3. The summed E-state index contributed by atoms with van der Waals surface area (Å²) in [6, 6.07) is 9.11. The Morgan fingerprint density at radius 1 is 1.18 bits per heavy atom. The number of rotatable bonds is 8. The van der Waals surface area contributed by atoms with Crippen LogP contribution in [-0.4, -0.2) is 58.9 Å². The molecule has 2 amide bonds. The van der Waals surface area contributed by atoms with Gasteiger partial charge in [-0.05, 0) is 51.0 Å². The first-order valence-electron chi connectivity index (χ1n) is 12.0. The first-order chi connectivity index (χ1) is 15.6. The van der Waals surface area contributed by atoms with Gasteiger partial charge in [-0.2, -0.15) is 0 Å². The van der Waals surface area contributed by atoms with E-state index in [1.807, 2.05) is 56.0 Å². The highest BCUT2D eigenvalue weighted by molar-refractivity contribution is 5.81. The van der Waals surface area contributed by atoms with E-state index in [4.69, 9.17) is 15.3 Å². The van der Waals surface area contributed by atoms with E-state index in [2.05, 4.69) is 5.48 Å². The lowest BCUT2D eigenvalue weighted by atomic mass is 9.72. The van der Waals surface area contributed by atoms with Crippen LogP contribution in [-0.2, 0) is 20.8 Å². The molecular weight excluding hydrogens is 422 g/mol. The summed E-state index contributed by atoms with van der Waals surface area (Å²) in [5, 5.41) is 11.1. The number of β-amino-alcohol motifs (C(OH)–C–C–N with tert-alkyl or cyclic N) is 1.